The summed E-state index contributed by atoms with van der Waals surface area (Å²) in [7, 11) is 1.50. The summed E-state index contributed by atoms with van der Waals surface area (Å²) in [6.45, 7) is 1.63. The molecule has 0 bridgehead atoms. The molecule has 0 N–H and O–H groups in total. The van der Waals surface area contributed by atoms with E-state index >= 15 is 0 Å². The molecule has 11 nitrogen and oxygen atoms in total. The normalized spacial score (nSPS) is 10.6. The van der Waals surface area contributed by atoms with E-state index in [1.54, 1.807) is 13.0 Å². The van der Waals surface area contributed by atoms with E-state index in [2.05, 4.69) is 10.3 Å². The second-order valence-electron chi connectivity index (χ2n) is 6.41. The van der Waals surface area contributed by atoms with Crippen molar-refractivity contribution in [1.82, 2.24) is 19.9 Å². The average Bonchev–Trinajstić information content (AvgIpc) is 3.10. The van der Waals surface area contributed by atoms with Crippen molar-refractivity contribution in [2.75, 3.05) is 7.05 Å². The van der Waals surface area contributed by atoms with E-state index in [9.17, 15) is 25.0 Å². The number of hydrogen-bond donors (Lipinski definition) is 0. The van der Waals surface area contributed by atoms with Crippen molar-refractivity contribution < 1.29 is 14.6 Å². The minimum Gasteiger partial charge on any atom is -0.336 e. The van der Waals surface area contributed by atoms with Crippen LogP contribution in [-0.2, 0) is 6.54 Å². The smallest absolute Gasteiger partial charge is 0.276 e. The molecule has 0 saturated heterocycles. The van der Waals surface area contributed by atoms with Crippen LogP contribution in [0.1, 0.15) is 21.7 Å². The topological polar surface area (TPSA) is 137 Å². The molecule has 1 aromatic heterocycles. The maximum atomic E-state index is 12.8. The summed E-state index contributed by atoms with van der Waals surface area (Å²) in [5.41, 5.74) is 0.974. The molecule has 0 aliphatic heterocycles. The molecule has 0 radical (unpaired) electrons. The largest absolute Gasteiger partial charge is 0.336 e. The van der Waals surface area contributed by atoms with Crippen LogP contribution in [0.3, 0.4) is 0 Å². The number of carbonyl (C=O) groups excluding carboxylic acids is 1. The molecule has 3 aromatic rings. The van der Waals surface area contributed by atoms with Gasteiger partial charge in [-0.15, -0.1) is 5.10 Å². The van der Waals surface area contributed by atoms with Crippen LogP contribution in [0.4, 0.5) is 11.4 Å². The Hall–Kier alpha value is -3.86. The minimum atomic E-state index is -0.545. The number of rotatable bonds is 6. The number of amides is 1. The zero-order valence-corrected chi connectivity index (χ0v) is 16.6. The van der Waals surface area contributed by atoms with Crippen molar-refractivity contribution in [3.05, 3.63) is 84.7 Å². The van der Waals surface area contributed by atoms with Gasteiger partial charge in [0, 0.05) is 42.9 Å². The number of aromatic nitrogens is 3. The Morgan fingerprint density at radius 1 is 1.13 bits per heavy atom. The van der Waals surface area contributed by atoms with E-state index in [-0.39, 0.29) is 28.6 Å². The van der Waals surface area contributed by atoms with Gasteiger partial charge >= 0.3 is 0 Å². The number of halogens is 1. The Kier molecular flexibility index (Phi) is 5.74. The van der Waals surface area contributed by atoms with Gasteiger partial charge < -0.3 is 4.90 Å². The second kappa shape index (κ2) is 8.25. The van der Waals surface area contributed by atoms with Gasteiger partial charge in [0.15, 0.2) is 5.69 Å². The van der Waals surface area contributed by atoms with E-state index in [1.165, 1.54) is 53.0 Å². The average molecular weight is 431 g/mol. The molecule has 3 rings (SSSR count). The molecule has 0 saturated carbocycles. The molecular formula is C18H15ClN6O5. The summed E-state index contributed by atoms with van der Waals surface area (Å²) < 4.78 is 1.33. The third kappa shape index (κ3) is 4.10. The highest BCUT2D eigenvalue weighted by Crippen LogP contribution is 2.24. The predicted octanol–water partition coefficient (Wildman–Crippen LogP) is 3.32. The zero-order valence-electron chi connectivity index (χ0n) is 15.9. The Balaban J connectivity index is 1.86. The number of hydrogen-bond acceptors (Lipinski definition) is 7. The van der Waals surface area contributed by atoms with Crippen molar-refractivity contribution in [3.8, 4) is 5.69 Å². The van der Waals surface area contributed by atoms with Gasteiger partial charge in [0.05, 0.1) is 21.2 Å². The van der Waals surface area contributed by atoms with Gasteiger partial charge in [0.1, 0.15) is 0 Å². The van der Waals surface area contributed by atoms with Gasteiger partial charge in [-0.2, -0.15) is 0 Å². The van der Waals surface area contributed by atoms with Gasteiger partial charge in [-0.1, -0.05) is 22.9 Å². The Morgan fingerprint density at radius 2 is 1.80 bits per heavy atom. The molecule has 0 aliphatic rings. The highest BCUT2D eigenvalue weighted by atomic mass is 35.5. The number of carbonyl (C=O) groups is 1. The first-order valence-corrected chi connectivity index (χ1v) is 8.92. The fourth-order valence-corrected chi connectivity index (χ4v) is 2.99. The van der Waals surface area contributed by atoms with Gasteiger partial charge in [-0.25, -0.2) is 4.68 Å². The fraction of sp³-hybridized carbons (Fsp3) is 0.167. The fourth-order valence-electron chi connectivity index (χ4n) is 2.81. The maximum absolute atomic E-state index is 12.8. The highest BCUT2D eigenvalue weighted by molar-refractivity contribution is 6.31. The van der Waals surface area contributed by atoms with Crippen LogP contribution in [0.15, 0.2) is 42.5 Å². The first-order valence-electron chi connectivity index (χ1n) is 8.54. The molecule has 1 heterocycles. The van der Waals surface area contributed by atoms with Gasteiger partial charge in [0.25, 0.3) is 17.3 Å². The molecular weight excluding hydrogens is 416 g/mol. The van der Waals surface area contributed by atoms with Gasteiger partial charge in [-0.05, 0) is 24.6 Å². The SMILES string of the molecule is Cc1c(C(=O)N(C)Cc2cc([N+](=O)[O-])ccc2Cl)nnn1-c1cccc([N+](=O)[O-])c1. The highest BCUT2D eigenvalue weighted by Gasteiger charge is 2.23. The molecule has 0 fully saturated rings. The number of nitrogens with zero attached hydrogens (tertiary/aromatic N) is 6. The lowest BCUT2D eigenvalue weighted by molar-refractivity contribution is -0.385. The standard InChI is InChI=1S/C18H15ClN6O5/c1-11-17(20-21-23(11)13-4-3-5-14(9-13)24(27)28)18(26)22(2)10-12-8-15(25(29)30)6-7-16(12)19/h3-9H,10H2,1-2H3. The summed E-state index contributed by atoms with van der Waals surface area (Å²) in [5.74, 6) is -0.480. The monoisotopic (exact) mass is 430 g/mol. The Bertz CT molecular complexity index is 1160. The quantitative estimate of drug-likeness (QED) is 0.432. The molecule has 0 atom stereocenters. The van der Waals surface area contributed by atoms with Crippen LogP contribution in [-0.4, -0.2) is 42.7 Å². The maximum Gasteiger partial charge on any atom is 0.276 e. The zero-order chi connectivity index (χ0) is 22.0. The summed E-state index contributed by atoms with van der Waals surface area (Å²) in [5, 5.41) is 30.1. The molecule has 30 heavy (non-hydrogen) atoms. The number of non-ortho nitro benzene ring substituents is 2. The summed E-state index contributed by atoms with van der Waals surface area (Å²) in [6.07, 6.45) is 0. The molecule has 0 spiro atoms. The van der Waals surface area contributed by atoms with E-state index in [0.717, 1.165) is 0 Å². The van der Waals surface area contributed by atoms with Crippen molar-refractivity contribution in [1.29, 1.82) is 0 Å². The second-order valence-corrected chi connectivity index (χ2v) is 6.81. The molecule has 2 aromatic carbocycles. The third-order valence-corrected chi connectivity index (χ3v) is 4.75. The first-order chi connectivity index (χ1) is 14.2. The van der Waals surface area contributed by atoms with Crippen LogP contribution in [0.25, 0.3) is 5.69 Å². The predicted molar refractivity (Wildman–Crippen MR) is 107 cm³/mol. The molecule has 12 heteroatoms. The van der Waals surface area contributed by atoms with Crippen LogP contribution in [0.2, 0.25) is 5.02 Å². The third-order valence-electron chi connectivity index (χ3n) is 4.38. The Labute approximate surface area is 174 Å². The van der Waals surface area contributed by atoms with E-state index < -0.39 is 15.8 Å². The minimum absolute atomic E-state index is 0.0163. The van der Waals surface area contributed by atoms with E-state index in [0.29, 0.717) is 16.9 Å². The number of nitro benzene ring substituents is 2. The number of nitro groups is 2. The molecule has 1 amide bonds. The Morgan fingerprint density at radius 3 is 2.47 bits per heavy atom. The first kappa shape index (κ1) is 20.9. The van der Waals surface area contributed by atoms with Crippen molar-refractivity contribution in [3.63, 3.8) is 0 Å². The van der Waals surface area contributed by atoms with Crippen molar-refractivity contribution in [2.45, 2.75) is 13.5 Å². The van der Waals surface area contributed by atoms with E-state index in [1.807, 2.05) is 0 Å². The molecule has 154 valence electrons. The van der Waals surface area contributed by atoms with Crippen LogP contribution >= 0.6 is 11.6 Å². The lowest BCUT2D eigenvalue weighted by Gasteiger charge is -2.17. The molecule has 0 aliphatic carbocycles. The molecule has 0 unspecified atom stereocenters. The summed E-state index contributed by atoms with van der Waals surface area (Å²) >= 11 is 6.10. The summed E-state index contributed by atoms with van der Waals surface area (Å²) in [6, 6.07) is 9.77. The van der Waals surface area contributed by atoms with Crippen LogP contribution < -0.4 is 0 Å². The number of benzene rings is 2. The van der Waals surface area contributed by atoms with Crippen molar-refractivity contribution >= 4 is 28.9 Å². The lowest BCUT2D eigenvalue weighted by Crippen LogP contribution is -2.27. The van der Waals surface area contributed by atoms with Crippen molar-refractivity contribution in [2.24, 2.45) is 0 Å². The lowest BCUT2D eigenvalue weighted by atomic mass is 10.2. The van der Waals surface area contributed by atoms with Gasteiger partial charge in [0.2, 0.25) is 0 Å². The van der Waals surface area contributed by atoms with E-state index in [4.69, 9.17) is 11.6 Å². The van der Waals surface area contributed by atoms with Gasteiger partial charge in [-0.3, -0.25) is 25.0 Å². The van der Waals surface area contributed by atoms with Crippen LogP contribution in [0.5, 0.6) is 0 Å². The van der Waals surface area contributed by atoms with Crippen LogP contribution in [0, 0.1) is 27.2 Å². The summed E-state index contributed by atoms with van der Waals surface area (Å²) in [4.78, 5) is 35.0.